The minimum atomic E-state index is -1.35. The van der Waals surface area contributed by atoms with Crippen molar-refractivity contribution in [1.82, 2.24) is 14.8 Å². The Bertz CT molecular complexity index is 593. The van der Waals surface area contributed by atoms with Crippen LogP contribution in [0.5, 0.6) is 0 Å². The van der Waals surface area contributed by atoms with Crippen molar-refractivity contribution in [2.24, 2.45) is 5.41 Å². The summed E-state index contributed by atoms with van der Waals surface area (Å²) in [5.41, 5.74) is -0.969. The lowest BCUT2D eigenvalue weighted by Gasteiger charge is -2.43. The van der Waals surface area contributed by atoms with Gasteiger partial charge in [-0.2, -0.15) is 5.10 Å². The van der Waals surface area contributed by atoms with Gasteiger partial charge < -0.3 is 10.2 Å². The quantitative estimate of drug-likeness (QED) is 0.885. The second kappa shape index (κ2) is 6.36. The summed E-state index contributed by atoms with van der Waals surface area (Å²) in [5.74, 6) is 0. The first kappa shape index (κ1) is 16.9. The summed E-state index contributed by atoms with van der Waals surface area (Å²) in [6.45, 7) is 5.87. The first-order valence-electron chi connectivity index (χ1n) is 7.20. The van der Waals surface area contributed by atoms with Crippen LogP contribution in [-0.2, 0) is 13.0 Å². The van der Waals surface area contributed by atoms with Crippen LogP contribution in [0.15, 0.2) is 36.9 Å². The number of aliphatic hydroxyl groups excluding tert-OH is 1. The summed E-state index contributed by atoms with van der Waals surface area (Å²) in [6.07, 6.45) is 2.33. The van der Waals surface area contributed by atoms with Crippen LogP contribution in [0, 0.1) is 5.41 Å². The second-order valence-corrected chi connectivity index (χ2v) is 7.05. The van der Waals surface area contributed by atoms with E-state index in [1.807, 2.05) is 32.9 Å². The molecule has 1 heterocycles. The molecule has 120 valence electrons. The van der Waals surface area contributed by atoms with Crippen LogP contribution in [0.2, 0.25) is 5.02 Å². The van der Waals surface area contributed by atoms with E-state index < -0.39 is 17.1 Å². The lowest BCUT2D eigenvalue weighted by molar-refractivity contribution is -0.152. The minimum Gasteiger partial charge on any atom is -0.390 e. The predicted molar refractivity (Wildman–Crippen MR) is 85.6 cm³/mol. The molecule has 0 bridgehead atoms. The Hall–Kier alpha value is -1.43. The third kappa shape index (κ3) is 3.66. The fourth-order valence-electron chi connectivity index (χ4n) is 2.42. The molecule has 0 saturated heterocycles. The van der Waals surface area contributed by atoms with Crippen molar-refractivity contribution >= 4 is 11.6 Å². The normalized spacial score (nSPS) is 16.3. The van der Waals surface area contributed by atoms with Crippen molar-refractivity contribution in [3.05, 3.63) is 47.5 Å². The van der Waals surface area contributed by atoms with Crippen LogP contribution in [0.25, 0.3) is 0 Å². The van der Waals surface area contributed by atoms with Gasteiger partial charge in [-0.15, -0.1) is 0 Å². The molecular weight excluding hydrogens is 302 g/mol. The highest BCUT2D eigenvalue weighted by Gasteiger charge is 2.46. The molecule has 0 fully saturated rings. The topological polar surface area (TPSA) is 71.2 Å². The molecule has 0 spiro atoms. The highest BCUT2D eigenvalue weighted by atomic mass is 35.5. The van der Waals surface area contributed by atoms with E-state index in [-0.39, 0.29) is 6.54 Å². The fraction of sp³-hybridized carbons (Fsp3) is 0.500. The molecule has 2 rings (SSSR count). The molecule has 2 aromatic rings. The number of aromatic nitrogens is 3. The number of hydrogen-bond acceptors (Lipinski definition) is 4. The zero-order valence-electron chi connectivity index (χ0n) is 13.1. The monoisotopic (exact) mass is 323 g/mol. The number of halogens is 1. The molecule has 22 heavy (non-hydrogen) atoms. The minimum absolute atomic E-state index is 0.172. The molecule has 5 nitrogen and oxygen atoms in total. The Kier molecular flexibility index (Phi) is 4.90. The maximum Gasteiger partial charge on any atom is 0.137 e. The van der Waals surface area contributed by atoms with Gasteiger partial charge in [-0.3, -0.25) is 0 Å². The fourth-order valence-corrected chi connectivity index (χ4v) is 2.54. The van der Waals surface area contributed by atoms with E-state index in [0.717, 1.165) is 5.56 Å². The Balaban J connectivity index is 2.22. The molecule has 2 N–H and O–H groups in total. The number of aliphatic hydroxyl groups is 2. The lowest BCUT2D eigenvalue weighted by Crippen LogP contribution is -2.56. The number of nitrogens with zero attached hydrogens (tertiary/aromatic N) is 3. The van der Waals surface area contributed by atoms with E-state index in [0.29, 0.717) is 11.4 Å². The molecule has 0 aliphatic carbocycles. The molecule has 0 radical (unpaired) electrons. The molecule has 2 unspecified atom stereocenters. The van der Waals surface area contributed by atoms with Crippen molar-refractivity contribution in [3.8, 4) is 0 Å². The molecular formula is C16H22ClN3O2. The van der Waals surface area contributed by atoms with Gasteiger partial charge >= 0.3 is 0 Å². The zero-order chi connectivity index (χ0) is 16.4. The van der Waals surface area contributed by atoms with Crippen LogP contribution in [0.1, 0.15) is 26.3 Å². The van der Waals surface area contributed by atoms with E-state index in [4.69, 9.17) is 11.6 Å². The van der Waals surface area contributed by atoms with E-state index in [1.54, 1.807) is 12.1 Å². The van der Waals surface area contributed by atoms with E-state index in [9.17, 15) is 10.2 Å². The second-order valence-electron chi connectivity index (χ2n) is 6.61. The average molecular weight is 324 g/mol. The molecule has 0 amide bonds. The molecule has 0 saturated carbocycles. The van der Waals surface area contributed by atoms with Gasteiger partial charge in [0.05, 0.1) is 12.6 Å². The number of hydrogen-bond donors (Lipinski definition) is 2. The van der Waals surface area contributed by atoms with Gasteiger partial charge in [0.15, 0.2) is 0 Å². The largest absolute Gasteiger partial charge is 0.390 e. The molecule has 2 atom stereocenters. The standard InChI is InChI=1S/C16H22ClN3O2/c1-15(2,3)16(22,9-20-11-18-10-19-20)14(21)8-12-4-6-13(17)7-5-12/h4-7,10-11,14,21-22H,8-9H2,1-3H3. The van der Waals surface area contributed by atoms with Crippen molar-refractivity contribution < 1.29 is 10.2 Å². The first-order valence-corrected chi connectivity index (χ1v) is 7.57. The predicted octanol–water partition coefficient (Wildman–Crippen LogP) is 2.31. The SMILES string of the molecule is CC(C)(C)C(O)(Cn1cncn1)C(O)Cc1ccc(Cl)cc1. The van der Waals surface area contributed by atoms with Crippen LogP contribution in [0.4, 0.5) is 0 Å². The number of benzene rings is 1. The molecule has 1 aromatic heterocycles. The van der Waals surface area contributed by atoms with E-state index >= 15 is 0 Å². The molecule has 6 heteroatoms. The lowest BCUT2D eigenvalue weighted by atomic mass is 9.71. The van der Waals surface area contributed by atoms with Crippen molar-refractivity contribution in [1.29, 1.82) is 0 Å². The summed E-state index contributed by atoms with van der Waals surface area (Å²) in [4.78, 5) is 3.89. The molecule has 0 aliphatic heterocycles. The maximum absolute atomic E-state index is 11.1. The smallest absolute Gasteiger partial charge is 0.137 e. The van der Waals surface area contributed by atoms with Gasteiger partial charge in [0.2, 0.25) is 0 Å². The van der Waals surface area contributed by atoms with Crippen LogP contribution >= 0.6 is 11.6 Å². The van der Waals surface area contributed by atoms with E-state index in [1.165, 1.54) is 17.3 Å². The van der Waals surface area contributed by atoms with Crippen molar-refractivity contribution in [2.45, 2.75) is 45.4 Å². The van der Waals surface area contributed by atoms with Crippen molar-refractivity contribution in [3.63, 3.8) is 0 Å². The molecule has 1 aromatic carbocycles. The van der Waals surface area contributed by atoms with Gasteiger partial charge in [0, 0.05) is 11.4 Å². The Morgan fingerprint density at radius 2 is 1.86 bits per heavy atom. The zero-order valence-corrected chi connectivity index (χ0v) is 13.8. The molecule has 0 aliphatic rings. The van der Waals surface area contributed by atoms with Gasteiger partial charge in [-0.05, 0) is 23.1 Å². The van der Waals surface area contributed by atoms with Gasteiger partial charge in [0.1, 0.15) is 18.3 Å². The van der Waals surface area contributed by atoms with Crippen LogP contribution in [0.3, 0.4) is 0 Å². The summed E-state index contributed by atoms with van der Waals surface area (Å²) >= 11 is 5.88. The van der Waals surface area contributed by atoms with Crippen LogP contribution < -0.4 is 0 Å². The highest BCUT2D eigenvalue weighted by molar-refractivity contribution is 6.30. The Labute approximate surface area is 135 Å². The van der Waals surface area contributed by atoms with Gasteiger partial charge in [-0.25, -0.2) is 9.67 Å². The van der Waals surface area contributed by atoms with Crippen molar-refractivity contribution in [2.75, 3.05) is 0 Å². The van der Waals surface area contributed by atoms with Gasteiger partial charge in [-0.1, -0.05) is 44.5 Å². The first-order chi connectivity index (χ1) is 10.2. The Morgan fingerprint density at radius 3 is 2.36 bits per heavy atom. The summed E-state index contributed by atoms with van der Waals surface area (Å²) in [5, 5.41) is 26.5. The Morgan fingerprint density at radius 1 is 1.23 bits per heavy atom. The summed E-state index contributed by atoms with van der Waals surface area (Å²) in [6, 6.07) is 7.25. The summed E-state index contributed by atoms with van der Waals surface area (Å²) in [7, 11) is 0. The third-order valence-corrected chi connectivity index (χ3v) is 4.31. The average Bonchev–Trinajstić information content (AvgIpc) is 2.92. The van der Waals surface area contributed by atoms with Crippen LogP contribution in [-0.4, -0.2) is 36.7 Å². The summed E-state index contributed by atoms with van der Waals surface area (Å²) < 4.78 is 1.54. The third-order valence-electron chi connectivity index (χ3n) is 4.06. The highest BCUT2D eigenvalue weighted by Crippen LogP contribution is 2.36. The van der Waals surface area contributed by atoms with E-state index in [2.05, 4.69) is 10.1 Å². The number of rotatable bonds is 5. The maximum atomic E-state index is 11.1. The van der Waals surface area contributed by atoms with Gasteiger partial charge in [0.25, 0.3) is 0 Å².